The van der Waals surface area contributed by atoms with Crippen molar-refractivity contribution >= 4 is 35.0 Å². The van der Waals surface area contributed by atoms with Crippen LogP contribution in [0.4, 0.5) is 16.3 Å². The maximum Gasteiger partial charge on any atom is 0.322 e. The number of nitrogens with zero attached hydrogens (tertiary/aromatic N) is 3. The first-order valence-corrected chi connectivity index (χ1v) is 13.2. The molecule has 0 fully saturated rings. The Morgan fingerprint density at radius 2 is 1.74 bits per heavy atom. The summed E-state index contributed by atoms with van der Waals surface area (Å²) in [5, 5.41) is 11.1. The van der Waals surface area contributed by atoms with Crippen molar-refractivity contribution in [3.05, 3.63) is 89.4 Å². The molecule has 3 aromatic carbocycles. The number of anilines is 2. The molecule has 3 amide bonds. The Morgan fingerprint density at radius 1 is 1.00 bits per heavy atom. The summed E-state index contributed by atoms with van der Waals surface area (Å²) in [7, 11) is 1.61. The van der Waals surface area contributed by atoms with Gasteiger partial charge in [-0.05, 0) is 55.3 Å². The number of ether oxygens (including phenoxy) is 1. The minimum Gasteiger partial charge on any atom is -0.497 e. The molecule has 0 radical (unpaired) electrons. The van der Waals surface area contributed by atoms with E-state index in [4.69, 9.17) is 21.4 Å². The number of methoxy groups -OCH3 is 1. The summed E-state index contributed by atoms with van der Waals surface area (Å²) in [6, 6.07) is 23.9. The molecule has 0 bridgehead atoms. The number of carbonyl (C=O) groups is 2. The van der Waals surface area contributed by atoms with Gasteiger partial charge in [-0.2, -0.15) is 5.10 Å². The van der Waals surface area contributed by atoms with E-state index in [1.807, 2.05) is 80.6 Å². The molecule has 0 aliphatic carbocycles. The van der Waals surface area contributed by atoms with Gasteiger partial charge in [-0.1, -0.05) is 61.3 Å². The number of aromatic nitrogens is 2. The number of halogens is 1. The summed E-state index contributed by atoms with van der Waals surface area (Å²) in [4.78, 5) is 27.9. The van der Waals surface area contributed by atoms with Crippen LogP contribution in [0.3, 0.4) is 0 Å². The summed E-state index contributed by atoms with van der Waals surface area (Å²) >= 11 is 6.22. The maximum absolute atomic E-state index is 13.3. The van der Waals surface area contributed by atoms with E-state index >= 15 is 0 Å². The Bertz CT molecular complexity index is 1420. The Kier molecular flexibility index (Phi) is 9.22. The molecule has 9 heteroatoms. The zero-order valence-corrected chi connectivity index (χ0v) is 23.0. The fourth-order valence-electron chi connectivity index (χ4n) is 3.97. The lowest BCUT2D eigenvalue weighted by Gasteiger charge is -2.22. The van der Waals surface area contributed by atoms with Gasteiger partial charge in [0.15, 0.2) is 0 Å². The van der Waals surface area contributed by atoms with Gasteiger partial charge < -0.3 is 20.3 Å². The van der Waals surface area contributed by atoms with E-state index in [1.54, 1.807) is 23.9 Å². The number of unbranched alkanes of at least 4 members (excludes halogenated alkanes) is 1. The average molecular weight is 546 g/mol. The van der Waals surface area contributed by atoms with Gasteiger partial charge in [0, 0.05) is 28.9 Å². The van der Waals surface area contributed by atoms with Crippen molar-refractivity contribution in [3.8, 4) is 22.7 Å². The van der Waals surface area contributed by atoms with Crippen LogP contribution in [0, 0.1) is 6.92 Å². The SMILES string of the molecule is CCCCN(CC(=O)Nc1cc(-c2ccccc2)nn1-c1ccc(OC)cc1)C(=O)Nc1ccc(C)c(Cl)c1. The van der Waals surface area contributed by atoms with Gasteiger partial charge >= 0.3 is 6.03 Å². The highest BCUT2D eigenvalue weighted by molar-refractivity contribution is 6.31. The highest BCUT2D eigenvalue weighted by Crippen LogP contribution is 2.26. The monoisotopic (exact) mass is 545 g/mol. The number of hydrogen-bond acceptors (Lipinski definition) is 4. The van der Waals surface area contributed by atoms with E-state index in [0.29, 0.717) is 34.5 Å². The fourth-order valence-corrected chi connectivity index (χ4v) is 4.15. The summed E-state index contributed by atoms with van der Waals surface area (Å²) in [5.74, 6) is 0.870. The maximum atomic E-state index is 13.3. The van der Waals surface area contributed by atoms with Gasteiger partial charge in [0.05, 0.1) is 18.5 Å². The van der Waals surface area contributed by atoms with Crippen molar-refractivity contribution in [1.82, 2.24) is 14.7 Å². The Labute approximate surface area is 233 Å². The Balaban J connectivity index is 1.55. The summed E-state index contributed by atoms with van der Waals surface area (Å²) in [6.07, 6.45) is 1.64. The van der Waals surface area contributed by atoms with E-state index in [2.05, 4.69) is 10.6 Å². The lowest BCUT2D eigenvalue weighted by molar-refractivity contribution is -0.116. The number of hydrogen-bond donors (Lipinski definition) is 2. The molecule has 0 saturated carbocycles. The van der Waals surface area contributed by atoms with Crippen molar-refractivity contribution in [3.63, 3.8) is 0 Å². The third kappa shape index (κ3) is 7.18. The normalized spacial score (nSPS) is 10.7. The number of aryl methyl sites for hydroxylation is 1. The van der Waals surface area contributed by atoms with E-state index in [0.717, 1.165) is 29.7 Å². The molecule has 4 aromatic rings. The van der Waals surface area contributed by atoms with Crippen molar-refractivity contribution < 1.29 is 14.3 Å². The first-order chi connectivity index (χ1) is 18.9. The molecule has 0 unspecified atom stereocenters. The highest BCUT2D eigenvalue weighted by Gasteiger charge is 2.20. The summed E-state index contributed by atoms with van der Waals surface area (Å²) < 4.78 is 6.95. The fraction of sp³-hybridized carbons (Fsp3) is 0.233. The molecule has 0 saturated heterocycles. The summed E-state index contributed by atoms with van der Waals surface area (Å²) in [6.45, 7) is 4.24. The van der Waals surface area contributed by atoms with E-state index in [1.165, 1.54) is 4.90 Å². The van der Waals surface area contributed by atoms with Crippen LogP contribution in [0.2, 0.25) is 5.02 Å². The second-order valence-electron chi connectivity index (χ2n) is 9.11. The molecule has 4 rings (SSSR count). The third-order valence-corrected chi connectivity index (χ3v) is 6.60. The minimum absolute atomic E-state index is 0.125. The van der Waals surface area contributed by atoms with E-state index in [9.17, 15) is 9.59 Å². The first kappa shape index (κ1) is 27.7. The smallest absolute Gasteiger partial charge is 0.322 e. The molecule has 0 atom stereocenters. The van der Waals surface area contributed by atoms with Gasteiger partial charge in [0.25, 0.3) is 0 Å². The van der Waals surface area contributed by atoms with Crippen LogP contribution in [0.25, 0.3) is 16.9 Å². The Hall–Kier alpha value is -4.30. The van der Waals surface area contributed by atoms with Crippen LogP contribution in [0.5, 0.6) is 5.75 Å². The number of rotatable bonds is 10. The molecule has 1 heterocycles. The van der Waals surface area contributed by atoms with Crippen LogP contribution < -0.4 is 15.4 Å². The number of urea groups is 1. The third-order valence-electron chi connectivity index (χ3n) is 6.19. The number of nitrogens with one attached hydrogen (secondary N) is 2. The van der Waals surface area contributed by atoms with Crippen LogP contribution >= 0.6 is 11.6 Å². The minimum atomic E-state index is -0.368. The Morgan fingerprint density at radius 3 is 2.41 bits per heavy atom. The number of carbonyl (C=O) groups excluding carboxylic acids is 2. The van der Waals surface area contributed by atoms with E-state index < -0.39 is 0 Å². The standard InChI is InChI=1S/C30H32ClN5O3/c1-4-5-17-35(30(38)32-23-12-11-21(2)26(31)18-23)20-29(37)33-28-19-27(22-9-7-6-8-10-22)34-36(28)24-13-15-25(39-3)16-14-24/h6-16,18-19H,4-5,17,20H2,1-3H3,(H,32,38)(H,33,37). The second kappa shape index (κ2) is 13.0. The molecule has 202 valence electrons. The quantitative estimate of drug-likeness (QED) is 0.230. The molecular weight excluding hydrogens is 514 g/mol. The number of benzene rings is 3. The first-order valence-electron chi connectivity index (χ1n) is 12.8. The zero-order valence-electron chi connectivity index (χ0n) is 22.3. The van der Waals surface area contributed by atoms with Gasteiger partial charge in [-0.25, -0.2) is 9.48 Å². The predicted octanol–water partition coefficient (Wildman–Crippen LogP) is 6.78. The van der Waals surface area contributed by atoms with Crippen molar-refractivity contribution in [1.29, 1.82) is 0 Å². The van der Waals surface area contributed by atoms with Crippen LogP contribution in [-0.4, -0.2) is 46.8 Å². The van der Waals surface area contributed by atoms with Gasteiger partial charge in [0.1, 0.15) is 18.1 Å². The molecule has 8 nitrogen and oxygen atoms in total. The highest BCUT2D eigenvalue weighted by atomic mass is 35.5. The van der Waals surface area contributed by atoms with Crippen molar-refractivity contribution in [2.45, 2.75) is 26.7 Å². The van der Waals surface area contributed by atoms with Gasteiger partial charge in [-0.3, -0.25) is 4.79 Å². The van der Waals surface area contributed by atoms with Crippen LogP contribution in [-0.2, 0) is 4.79 Å². The lowest BCUT2D eigenvalue weighted by atomic mass is 10.1. The molecule has 1 aromatic heterocycles. The van der Waals surface area contributed by atoms with Crippen molar-refractivity contribution in [2.24, 2.45) is 0 Å². The topological polar surface area (TPSA) is 88.5 Å². The van der Waals surface area contributed by atoms with Crippen LogP contribution in [0.15, 0.2) is 78.9 Å². The second-order valence-corrected chi connectivity index (χ2v) is 9.52. The molecule has 2 N–H and O–H groups in total. The van der Waals surface area contributed by atoms with Gasteiger partial charge in [0.2, 0.25) is 5.91 Å². The van der Waals surface area contributed by atoms with Gasteiger partial charge in [-0.15, -0.1) is 0 Å². The molecular formula is C30H32ClN5O3. The number of amides is 3. The average Bonchev–Trinajstić information content (AvgIpc) is 3.37. The van der Waals surface area contributed by atoms with E-state index in [-0.39, 0.29) is 18.5 Å². The zero-order chi connectivity index (χ0) is 27.8. The predicted molar refractivity (Wildman–Crippen MR) is 156 cm³/mol. The molecule has 39 heavy (non-hydrogen) atoms. The van der Waals surface area contributed by atoms with Crippen molar-refractivity contribution in [2.75, 3.05) is 30.8 Å². The lowest BCUT2D eigenvalue weighted by Crippen LogP contribution is -2.41. The van der Waals surface area contributed by atoms with Crippen LogP contribution in [0.1, 0.15) is 25.3 Å². The summed E-state index contributed by atoms with van der Waals surface area (Å²) in [5.41, 5.74) is 3.87. The molecule has 0 spiro atoms. The largest absolute Gasteiger partial charge is 0.497 e. The molecule has 0 aliphatic rings. The molecule has 0 aliphatic heterocycles.